The van der Waals surface area contributed by atoms with Crippen LogP contribution in [-0.4, -0.2) is 72.0 Å². The summed E-state index contributed by atoms with van der Waals surface area (Å²) < 4.78 is 39.5. The fourth-order valence-electron chi connectivity index (χ4n) is 6.26. The van der Waals surface area contributed by atoms with Crippen molar-refractivity contribution in [1.29, 1.82) is 0 Å². The number of carbonyl (C=O) groups is 2. The number of benzene rings is 3. The molecule has 254 valence electrons. The van der Waals surface area contributed by atoms with Gasteiger partial charge in [0.25, 0.3) is 0 Å². The molecule has 3 aromatic carbocycles. The average molecular weight is 650 g/mol. The minimum absolute atomic E-state index is 0.136. The monoisotopic (exact) mass is 649 g/mol. The van der Waals surface area contributed by atoms with E-state index in [9.17, 15) is 9.59 Å². The van der Waals surface area contributed by atoms with Gasteiger partial charge in [0, 0.05) is 12.1 Å². The van der Waals surface area contributed by atoms with Crippen molar-refractivity contribution in [3.63, 3.8) is 0 Å². The number of piperidine rings is 1. The van der Waals surface area contributed by atoms with E-state index in [1.807, 2.05) is 49.4 Å². The Kier molecular flexibility index (Phi) is 12.6. The van der Waals surface area contributed by atoms with E-state index in [0.29, 0.717) is 66.7 Å². The van der Waals surface area contributed by atoms with Crippen LogP contribution in [0.1, 0.15) is 67.7 Å². The maximum atomic E-state index is 14.2. The number of rotatable bonds is 15. The summed E-state index contributed by atoms with van der Waals surface area (Å²) in [4.78, 5) is 30.0. The minimum Gasteiger partial charge on any atom is -0.496 e. The van der Waals surface area contributed by atoms with E-state index in [2.05, 4.69) is 0 Å². The lowest BCUT2D eigenvalue weighted by molar-refractivity contribution is -0.162. The van der Waals surface area contributed by atoms with Crippen LogP contribution in [0.2, 0.25) is 0 Å². The first-order valence-corrected chi connectivity index (χ1v) is 16.0. The number of hydrogen-bond acceptors (Lipinski definition) is 9. The number of amides is 1. The lowest BCUT2D eigenvalue weighted by Crippen LogP contribution is -2.50. The lowest BCUT2D eigenvalue weighted by atomic mass is 9.91. The number of ether oxygens (including phenoxy) is 7. The molecule has 1 amide bonds. The van der Waals surface area contributed by atoms with Gasteiger partial charge < -0.3 is 38.1 Å². The quantitative estimate of drug-likeness (QED) is 0.170. The number of carbonyl (C=O) groups excluding carboxylic acids is 2. The van der Waals surface area contributed by atoms with Gasteiger partial charge in [0.15, 0.2) is 23.0 Å². The Morgan fingerprint density at radius 2 is 1.43 bits per heavy atom. The molecule has 10 nitrogen and oxygen atoms in total. The van der Waals surface area contributed by atoms with Crippen LogP contribution in [0.25, 0.3) is 0 Å². The van der Waals surface area contributed by atoms with Gasteiger partial charge in [0.1, 0.15) is 17.9 Å². The van der Waals surface area contributed by atoms with E-state index >= 15 is 0 Å². The van der Waals surface area contributed by atoms with Crippen molar-refractivity contribution in [2.24, 2.45) is 0 Å². The summed E-state index contributed by atoms with van der Waals surface area (Å²) in [7, 11) is 9.43. The summed E-state index contributed by atoms with van der Waals surface area (Å²) in [6.45, 7) is 2.42. The predicted octanol–water partition coefficient (Wildman–Crippen LogP) is 6.53. The Bertz CT molecular complexity index is 1480. The molecule has 0 unspecified atom stereocenters. The van der Waals surface area contributed by atoms with Gasteiger partial charge >= 0.3 is 5.97 Å². The van der Waals surface area contributed by atoms with Crippen LogP contribution in [0.4, 0.5) is 0 Å². The molecule has 0 spiro atoms. The van der Waals surface area contributed by atoms with Gasteiger partial charge in [0.05, 0.1) is 48.6 Å². The van der Waals surface area contributed by atoms with Crippen LogP contribution >= 0.6 is 0 Å². The Morgan fingerprint density at radius 3 is 2.04 bits per heavy atom. The molecule has 4 rings (SSSR count). The summed E-state index contributed by atoms with van der Waals surface area (Å²) in [5.41, 5.74) is 2.50. The zero-order valence-corrected chi connectivity index (χ0v) is 28.5. The van der Waals surface area contributed by atoms with Crippen molar-refractivity contribution >= 4 is 11.9 Å². The van der Waals surface area contributed by atoms with Crippen molar-refractivity contribution in [3.05, 3.63) is 71.3 Å². The van der Waals surface area contributed by atoms with E-state index in [1.165, 1.54) is 0 Å². The van der Waals surface area contributed by atoms with Crippen molar-refractivity contribution in [3.8, 4) is 34.5 Å². The van der Waals surface area contributed by atoms with Crippen molar-refractivity contribution < 1.29 is 42.7 Å². The Hall–Kier alpha value is -4.60. The largest absolute Gasteiger partial charge is 0.496 e. The third kappa shape index (κ3) is 8.04. The molecule has 10 heteroatoms. The third-order valence-corrected chi connectivity index (χ3v) is 8.74. The molecule has 0 aliphatic carbocycles. The minimum atomic E-state index is -0.717. The summed E-state index contributed by atoms with van der Waals surface area (Å²) in [6.07, 6.45) is 3.14. The number of methoxy groups -OCH3 is 6. The van der Waals surface area contributed by atoms with Gasteiger partial charge in [-0.25, -0.2) is 4.79 Å². The maximum absolute atomic E-state index is 14.2. The molecule has 0 N–H and O–H groups in total. The van der Waals surface area contributed by atoms with Gasteiger partial charge in [-0.05, 0) is 80.0 Å². The first-order chi connectivity index (χ1) is 22.8. The first kappa shape index (κ1) is 35.3. The molecule has 3 aromatic rings. The molecule has 0 aromatic heterocycles. The summed E-state index contributed by atoms with van der Waals surface area (Å²) in [5, 5.41) is 0. The van der Waals surface area contributed by atoms with E-state index in [1.54, 1.807) is 59.7 Å². The topological polar surface area (TPSA) is 102 Å². The molecule has 47 heavy (non-hydrogen) atoms. The van der Waals surface area contributed by atoms with Crippen LogP contribution in [0, 0.1) is 0 Å². The van der Waals surface area contributed by atoms with E-state index in [4.69, 9.17) is 33.2 Å². The van der Waals surface area contributed by atoms with Crippen LogP contribution in [0.5, 0.6) is 34.5 Å². The fraction of sp³-hybridized carbons (Fsp3) is 0.459. The molecule has 1 fully saturated rings. The number of esters is 1. The van der Waals surface area contributed by atoms with Gasteiger partial charge in [-0.1, -0.05) is 31.2 Å². The Labute approximate surface area is 277 Å². The summed E-state index contributed by atoms with van der Waals surface area (Å²) in [5.74, 6) is 2.20. The second kappa shape index (κ2) is 16.8. The maximum Gasteiger partial charge on any atom is 0.329 e. The smallest absolute Gasteiger partial charge is 0.329 e. The fourth-order valence-corrected chi connectivity index (χ4v) is 6.26. The van der Waals surface area contributed by atoms with Crippen molar-refractivity contribution in [2.75, 3.05) is 49.2 Å². The highest BCUT2D eigenvalue weighted by atomic mass is 16.5. The highest BCUT2D eigenvalue weighted by Crippen LogP contribution is 2.42. The average Bonchev–Trinajstić information content (AvgIpc) is 3.12. The second-order valence-corrected chi connectivity index (χ2v) is 11.4. The molecule has 0 bridgehead atoms. The highest BCUT2D eigenvalue weighted by Gasteiger charge is 2.38. The highest BCUT2D eigenvalue weighted by molar-refractivity contribution is 5.89. The SMILES string of the molecule is CC[C@H](C(=O)N1CCCC[C@H]1C(=O)O[C@H](CCc1ccc(OC)c(OC)c1)c1ccccc1OC)c1cc(OC)c(OC)c(OC)c1. The first-order valence-electron chi connectivity index (χ1n) is 16.0. The van der Waals surface area contributed by atoms with Crippen LogP contribution < -0.4 is 28.4 Å². The predicted molar refractivity (Wildman–Crippen MR) is 178 cm³/mol. The van der Waals surface area contributed by atoms with E-state index < -0.39 is 24.0 Å². The summed E-state index contributed by atoms with van der Waals surface area (Å²) >= 11 is 0. The lowest BCUT2D eigenvalue weighted by Gasteiger charge is -2.37. The van der Waals surface area contributed by atoms with Gasteiger partial charge in [-0.3, -0.25) is 4.79 Å². The number of nitrogens with zero attached hydrogens (tertiary/aromatic N) is 1. The number of hydrogen-bond donors (Lipinski definition) is 0. The molecule has 3 atom stereocenters. The molecule has 1 heterocycles. The molecule has 1 aliphatic rings. The normalized spacial score (nSPS) is 15.6. The molecule has 1 saturated heterocycles. The van der Waals surface area contributed by atoms with Gasteiger partial charge in [0.2, 0.25) is 11.7 Å². The second-order valence-electron chi connectivity index (χ2n) is 11.4. The van der Waals surface area contributed by atoms with Crippen molar-refractivity contribution in [2.45, 2.75) is 63.5 Å². The molecule has 0 saturated carbocycles. The number of para-hydroxylation sites is 1. The zero-order valence-electron chi connectivity index (χ0n) is 28.5. The molecule has 1 aliphatic heterocycles. The Morgan fingerprint density at radius 1 is 0.766 bits per heavy atom. The van der Waals surface area contributed by atoms with Crippen molar-refractivity contribution in [1.82, 2.24) is 4.90 Å². The van der Waals surface area contributed by atoms with Crippen LogP contribution in [0.15, 0.2) is 54.6 Å². The standard InChI is InChI=1S/C37H47NO9/c1-8-26(25-22-33(44-5)35(46-7)34(23-25)45-6)36(39)38-20-12-11-14-28(38)37(40)47-30(27-13-9-10-15-29(27)41-2)18-16-24-17-19-31(42-3)32(21-24)43-4/h9-10,13,15,17,19,21-23,26,28,30H,8,11-12,14,16,18,20H2,1-7H3/t26-,28-,30+/m0/s1. The zero-order chi connectivity index (χ0) is 33.9. The summed E-state index contributed by atoms with van der Waals surface area (Å²) in [6, 6.07) is 16.2. The van der Waals surface area contributed by atoms with Gasteiger partial charge in [-0.15, -0.1) is 0 Å². The number of aryl methyl sites for hydroxylation is 1. The number of likely N-dealkylation sites (tertiary alicyclic amines) is 1. The molecular formula is C37H47NO9. The third-order valence-electron chi connectivity index (χ3n) is 8.74. The van der Waals surface area contributed by atoms with E-state index in [0.717, 1.165) is 29.5 Å². The van der Waals surface area contributed by atoms with Crippen LogP contribution in [-0.2, 0) is 20.7 Å². The Balaban J connectivity index is 1.61. The van der Waals surface area contributed by atoms with Gasteiger partial charge in [-0.2, -0.15) is 0 Å². The van der Waals surface area contributed by atoms with Crippen LogP contribution in [0.3, 0.4) is 0 Å². The van der Waals surface area contributed by atoms with E-state index in [-0.39, 0.29) is 5.91 Å². The molecule has 0 radical (unpaired) electrons. The molecular weight excluding hydrogens is 602 g/mol.